The highest BCUT2D eigenvalue weighted by Gasteiger charge is 2.13. The smallest absolute Gasteiger partial charge is 0.276 e. The largest absolute Gasteiger partial charge is 0.490 e. The van der Waals surface area contributed by atoms with Gasteiger partial charge in [-0.3, -0.25) is 0 Å². The Kier molecular flexibility index (Phi) is 7.29. The molecule has 0 fully saturated rings. The summed E-state index contributed by atoms with van der Waals surface area (Å²) in [5.74, 6) is 0.957. The van der Waals surface area contributed by atoms with Crippen LogP contribution < -0.4 is 14.3 Å². The lowest BCUT2D eigenvalue weighted by molar-refractivity contribution is 0.277. The predicted octanol–water partition coefficient (Wildman–Crippen LogP) is 3.84. The lowest BCUT2D eigenvalue weighted by Crippen LogP contribution is -2.18. The zero-order chi connectivity index (χ0) is 19.0. The van der Waals surface area contributed by atoms with Gasteiger partial charge >= 0.3 is 0 Å². The predicted molar refractivity (Wildman–Crippen MR) is 103 cm³/mol. The van der Waals surface area contributed by atoms with Crippen molar-refractivity contribution in [3.8, 4) is 11.5 Å². The zero-order valence-electron chi connectivity index (χ0n) is 14.6. The van der Waals surface area contributed by atoms with E-state index in [1.807, 2.05) is 13.8 Å². The van der Waals surface area contributed by atoms with Crippen LogP contribution in [0, 0.1) is 0 Å². The molecule has 2 aromatic carbocycles. The van der Waals surface area contributed by atoms with Crippen molar-refractivity contribution in [1.29, 1.82) is 0 Å². The quantitative estimate of drug-likeness (QED) is 0.516. The number of hydrogen-bond donors (Lipinski definition) is 1. The van der Waals surface area contributed by atoms with Crippen LogP contribution in [0.3, 0.4) is 0 Å². The highest BCUT2D eigenvalue weighted by Crippen LogP contribution is 2.36. The van der Waals surface area contributed by atoms with Crippen molar-refractivity contribution in [3.05, 3.63) is 53.1 Å². The Morgan fingerprint density at radius 2 is 1.88 bits per heavy atom. The first kappa shape index (κ1) is 20.1. The number of nitrogens with zero attached hydrogens (tertiary/aromatic N) is 1. The van der Waals surface area contributed by atoms with E-state index in [4.69, 9.17) is 21.1 Å². The molecule has 0 spiro atoms. The highest BCUT2D eigenvalue weighted by molar-refractivity contribution is 7.89. The first-order valence-electron chi connectivity index (χ1n) is 8.17. The van der Waals surface area contributed by atoms with E-state index in [9.17, 15) is 8.42 Å². The van der Waals surface area contributed by atoms with Crippen molar-refractivity contribution in [3.63, 3.8) is 0 Å². The van der Waals surface area contributed by atoms with Crippen LogP contribution in [-0.2, 0) is 10.0 Å². The molecule has 0 saturated carbocycles. The van der Waals surface area contributed by atoms with E-state index < -0.39 is 10.0 Å². The second kappa shape index (κ2) is 9.45. The SMILES string of the molecule is CCCOc1c(Cl)cc(/C=N/NS(=O)(=O)c2ccccc2)cc1OCC. The lowest BCUT2D eigenvalue weighted by atomic mass is 10.2. The number of sulfonamides is 1. The molecule has 0 saturated heterocycles. The Morgan fingerprint density at radius 1 is 1.15 bits per heavy atom. The van der Waals surface area contributed by atoms with Gasteiger partial charge < -0.3 is 9.47 Å². The Morgan fingerprint density at radius 3 is 2.54 bits per heavy atom. The fourth-order valence-electron chi connectivity index (χ4n) is 2.09. The first-order valence-corrected chi connectivity index (χ1v) is 10.0. The van der Waals surface area contributed by atoms with Gasteiger partial charge in [0.2, 0.25) is 0 Å². The first-order chi connectivity index (χ1) is 12.5. The molecule has 0 heterocycles. The summed E-state index contributed by atoms with van der Waals surface area (Å²) in [5.41, 5.74) is 0.582. The second-order valence-corrected chi connectivity index (χ2v) is 7.35. The Balaban J connectivity index is 2.19. The molecule has 0 unspecified atom stereocenters. The fourth-order valence-corrected chi connectivity index (χ4v) is 3.18. The minimum absolute atomic E-state index is 0.133. The molecule has 0 radical (unpaired) electrons. The van der Waals surface area contributed by atoms with Crippen LogP contribution in [0.15, 0.2) is 52.5 Å². The fraction of sp³-hybridized carbons (Fsp3) is 0.278. The molecular weight excluding hydrogens is 376 g/mol. The van der Waals surface area contributed by atoms with E-state index >= 15 is 0 Å². The van der Waals surface area contributed by atoms with E-state index in [0.29, 0.717) is 35.3 Å². The number of hydrogen-bond acceptors (Lipinski definition) is 5. The molecule has 0 aromatic heterocycles. The number of rotatable bonds is 9. The maximum Gasteiger partial charge on any atom is 0.276 e. The number of nitrogens with one attached hydrogen (secondary N) is 1. The molecule has 0 aliphatic carbocycles. The van der Waals surface area contributed by atoms with E-state index in [0.717, 1.165) is 6.42 Å². The molecule has 2 rings (SSSR count). The van der Waals surface area contributed by atoms with Gasteiger partial charge in [0, 0.05) is 0 Å². The normalized spacial score (nSPS) is 11.5. The highest BCUT2D eigenvalue weighted by atomic mass is 35.5. The third-order valence-electron chi connectivity index (χ3n) is 3.22. The number of ether oxygens (including phenoxy) is 2. The second-order valence-electron chi connectivity index (χ2n) is 5.28. The van der Waals surface area contributed by atoms with Crippen molar-refractivity contribution in [1.82, 2.24) is 4.83 Å². The van der Waals surface area contributed by atoms with Gasteiger partial charge in [-0.1, -0.05) is 36.7 Å². The van der Waals surface area contributed by atoms with Crippen molar-refractivity contribution in [2.24, 2.45) is 5.10 Å². The third kappa shape index (κ3) is 5.37. The summed E-state index contributed by atoms with van der Waals surface area (Å²) in [4.78, 5) is 2.30. The van der Waals surface area contributed by atoms with Crippen LogP contribution in [0.25, 0.3) is 0 Å². The lowest BCUT2D eigenvalue weighted by Gasteiger charge is -2.13. The van der Waals surface area contributed by atoms with E-state index in [1.54, 1.807) is 30.3 Å². The Bertz CT molecular complexity index is 855. The molecule has 0 bridgehead atoms. The monoisotopic (exact) mass is 396 g/mol. The van der Waals surface area contributed by atoms with Crippen LogP contribution in [0.1, 0.15) is 25.8 Å². The van der Waals surface area contributed by atoms with Gasteiger partial charge in [0.1, 0.15) is 0 Å². The van der Waals surface area contributed by atoms with Gasteiger partial charge in [0.05, 0.1) is 29.3 Å². The van der Waals surface area contributed by atoms with Crippen LogP contribution in [0.5, 0.6) is 11.5 Å². The molecule has 0 aliphatic heterocycles. The summed E-state index contributed by atoms with van der Waals surface area (Å²) in [6.07, 6.45) is 2.20. The molecule has 8 heteroatoms. The van der Waals surface area contributed by atoms with Crippen LogP contribution in [-0.4, -0.2) is 27.8 Å². The summed E-state index contributed by atoms with van der Waals surface area (Å²) >= 11 is 6.27. The van der Waals surface area contributed by atoms with Crippen molar-refractivity contribution in [2.75, 3.05) is 13.2 Å². The van der Waals surface area contributed by atoms with E-state index in [2.05, 4.69) is 9.93 Å². The standard InChI is InChI=1S/C18H21ClN2O4S/c1-3-10-25-18-16(19)11-14(12-17(18)24-4-2)13-20-21-26(22,23)15-8-6-5-7-9-15/h5-9,11-13,21H,3-4,10H2,1-2H3/b20-13+. The summed E-state index contributed by atoms with van der Waals surface area (Å²) in [6, 6.07) is 11.3. The van der Waals surface area contributed by atoms with E-state index in [1.165, 1.54) is 18.3 Å². The molecule has 6 nitrogen and oxygen atoms in total. The van der Waals surface area contributed by atoms with Gasteiger partial charge in [0.15, 0.2) is 11.5 Å². The zero-order valence-corrected chi connectivity index (χ0v) is 16.2. The number of hydrazone groups is 1. The van der Waals surface area contributed by atoms with Crippen LogP contribution >= 0.6 is 11.6 Å². The van der Waals surface area contributed by atoms with Gasteiger partial charge in [-0.2, -0.15) is 13.5 Å². The average Bonchev–Trinajstić information content (AvgIpc) is 2.62. The molecule has 2 aromatic rings. The van der Waals surface area contributed by atoms with Gasteiger partial charge in [0.25, 0.3) is 10.0 Å². The van der Waals surface area contributed by atoms with Gasteiger partial charge in [-0.15, -0.1) is 0 Å². The summed E-state index contributed by atoms with van der Waals surface area (Å²) in [5, 5.41) is 4.18. The molecule has 26 heavy (non-hydrogen) atoms. The third-order valence-corrected chi connectivity index (χ3v) is 4.74. The van der Waals surface area contributed by atoms with E-state index in [-0.39, 0.29) is 4.90 Å². The van der Waals surface area contributed by atoms with Crippen molar-refractivity contribution in [2.45, 2.75) is 25.2 Å². The Labute approximate surface area is 158 Å². The molecular formula is C18H21ClN2O4S. The summed E-state index contributed by atoms with van der Waals surface area (Å²) in [7, 11) is -3.72. The van der Waals surface area contributed by atoms with Crippen molar-refractivity contribution < 1.29 is 17.9 Å². The van der Waals surface area contributed by atoms with Gasteiger partial charge in [-0.25, -0.2) is 4.83 Å². The molecule has 1 N–H and O–H groups in total. The van der Waals surface area contributed by atoms with Crippen molar-refractivity contribution >= 4 is 27.8 Å². The molecule has 0 atom stereocenters. The molecule has 0 amide bonds. The number of halogens is 1. The molecule has 0 aliphatic rings. The van der Waals surface area contributed by atoms with Crippen LogP contribution in [0.2, 0.25) is 5.02 Å². The summed E-state index contributed by atoms with van der Waals surface area (Å²) in [6.45, 7) is 4.81. The summed E-state index contributed by atoms with van der Waals surface area (Å²) < 4.78 is 35.5. The topological polar surface area (TPSA) is 77.0 Å². The van der Waals surface area contributed by atoms with Gasteiger partial charge in [-0.05, 0) is 43.2 Å². The number of benzene rings is 2. The maximum absolute atomic E-state index is 12.1. The Hall–Kier alpha value is -2.25. The maximum atomic E-state index is 12.1. The minimum atomic E-state index is -3.72. The average molecular weight is 397 g/mol. The molecule has 140 valence electrons. The minimum Gasteiger partial charge on any atom is -0.490 e. The van der Waals surface area contributed by atoms with Crippen LogP contribution in [0.4, 0.5) is 0 Å².